The number of fused-ring (bicyclic) bond motifs is 1. The molecule has 1 saturated heterocycles. The van der Waals surface area contributed by atoms with Crippen LogP contribution in [0, 0.1) is 39.0 Å². The lowest BCUT2D eigenvalue weighted by Crippen LogP contribution is -2.60. The van der Waals surface area contributed by atoms with Crippen LogP contribution in [0.1, 0.15) is 72.7 Å². The van der Waals surface area contributed by atoms with E-state index in [0.717, 1.165) is 33.8 Å². The van der Waals surface area contributed by atoms with Crippen molar-refractivity contribution in [2.75, 3.05) is 16.8 Å². The van der Waals surface area contributed by atoms with Gasteiger partial charge in [0.05, 0.1) is 12.8 Å². The van der Waals surface area contributed by atoms with Gasteiger partial charge in [0.25, 0.3) is 0 Å². The average Bonchev–Trinajstić information content (AvgIpc) is 3.34. The lowest BCUT2D eigenvalue weighted by molar-refractivity contribution is -0.148. The standard InChI is InChI=1S/C36H43N3O3S/c1-22-18-23(2)33(24(3)19-22)38-34(41)36(13-16-43-17-14-36)39(21-26-10-9-15-42-26)30(40)20-28-32(35(28,5)6)31-25(4)37-29-12-8-7-11-27(29)31/h7-12,15,18-19,28,32,37H,13-14,16-17,20-21H2,1-6H3,(H,38,41)/t28-,32+/m1/s1. The number of nitrogens with zero attached hydrogens (tertiary/aromatic N) is 1. The number of benzene rings is 2. The highest BCUT2D eigenvalue weighted by Gasteiger charge is 2.60. The first-order valence-electron chi connectivity index (χ1n) is 15.4. The molecule has 2 aliphatic rings. The largest absolute Gasteiger partial charge is 0.467 e. The predicted molar refractivity (Wildman–Crippen MR) is 175 cm³/mol. The Morgan fingerprint density at radius 1 is 1.02 bits per heavy atom. The van der Waals surface area contributed by atoms with Gasteiger partial charge in [-0.3, -0.25) is 9.59 Å². The molecule has 2 atom stereocenters. The van der Waals surface area contributed by atoms with Crippen molar-refractivity contribution in [3.63, 3.8) is 0 Å². The SMILES string of the molecule is Cc1cc(C)c(NC(=O)C2(N(Cc3ccco3)C(=O)C[C@@H]3[C@@H](c4c(C)[nH]c5ccccc45)C3(C)C)CCSCC2)c(C)c1. The minimum atomic E-state index is -0.954. The molecule has 0 unspecified atom stereocenters. The van der Waals surface area contributed by atoms with Crippen LogP contribution in [-0.4, -0.2) is 38.7 Å². The number of carbonyl (C=O) groups excluding carboxylic acids is 2. The fourth-order valence-corrected chi connectivity index (χ4v) is 8.84. The Balaban J connectivity index is 1.34. The van der Waals surface area contributed by atoms with Crippen molar-refractivity contribution in [2.24, 2.45) is 11.3 Å². The topological polar surface area (TPSA) is 78.3 Å². The number of para-hydroxylation sites is 1. The number of aryl methyl sites for hydroxylation is 4. The fraction of sp³-hybridized carbons (Fsp3) is 0.444. The van der Waals surface area contributed by atoms with Gasteiger partial charge in [0.15, 0.2) is 0 Å². The van der Waals surface area contributed by atoms with E-state index in [1.807, 2.05) is 42.6 Å². The van der Waals surface area contributed by atoms with E-state index in [2.05, 4.69) is 74.4 Å². The van der Waals surface area contributed by atoms with Crippen LogP contribution in [0.15, 0.2) is 59.2 Å². The van der Waals surface area contributed by atoms with Crippen molar-refractivity contribution < 1.29 is 14.0 Å². The summed E-state index contributed by atoms with van der Waals surface area (Å²) in [6.07, 6.45) is 3.25. The minimum absolute atomic E-state index is 0.0221. The molecule has 2 amide bonds. The Bertz CT molecular complexity index is 1640. The molecule has 0 bridgehead atoms. The Morgan fingerprint density at radius 3 is 2.40 bits per heavy atom. The molecule has 7 heteroatoms. The summed E-state index contributed by atoms with van der Waals surface area (Å²) in [5, 5.41) is 4.54. The second kappa shape index (κ2) is 11.2. The molecule has 3 heterocycles. The number of H-pyrrole nitrogens is 1. The summed E-state index contributed by atoms with van der Waals surface area (Å²) >= 11 is 1.85. The Kier molecular flexibility index (Phi) is 7.74. The maximum absolute atomic E-state index is 14.6. The summed E-state index contributed by atoms with van der Waals surface area (Å²) in [6.45, 7) is 13.1. The molecule has 0 spiro atoms. The van der Waals surface area contributed by atoms with E-state index < -0.39 is 5.54 Å². The number of hydrogen-bond acceptors (Lipinski definition) is 4. The van der Waals surface area contributed by atoms with Gasteiger partial charge in [-0.05, 0) is 104 Å². The van der Waals surface area contributed by atoms with Gasteiger partial charge >= 0.3 is 0 Å². The van der Waals surface area contributed by atoms with Gasteiger partial charge in [0.1, 0.15) is 11.3 Å². The summed E-state index contributed by atoms with van der Waals surface area (Å²) < 4.78 is 5.77. The lowest BCUT2D eigenvalue weighted by atomic mass is 9.87. The number of amides is 2. The van der Waals surface area contributed by atoms with E-state index in [0.29, 0.717) is 25.0 Å². The van der Waals surface area contributed by atoms with Crippen LogP contribution in [0.4, 0.5) is 5.69 Å². The zero-order valence-electron chi connectivity index (χ0n) is 26.2. The fourth-order valence-electron chi connectivity index (χ4n) is 7.67. The quantitative estimate of drug-likeness (QED) is 0.215. The maximum atomic E-state index is 14.6. The number of thioether (sulfide) groups is 1. The van der Waals surface area contributed by atoms with Crippen molar-refractivity contribution in [3.05, 3.63) is 88.5 Å². The first-order chi connectivity index (χ1) is 20.5. The summed E-state index contributed by atoms with van der Waals surface area (Å²) in [5.74, 6) is 2.72. The maximum Gasteiger partial charge on any atom is 0.250 e. The third-order valence-electron chi connectivity index (χ3n) is 10.1. The highest BCUT2D eigenvalue weighted by atomic mass is 32.2. The van der Waals surface area contributed by atoms with Crippen LogP contribution >= 0.6 is 11.8 Å². The first-order valence-corrected chi connectivity index (χ1v) is 16.6. The second-order valence-electron chi connectivity index (χ2n) is 13.2. The van der Waals surface area contributed by atoms with E-state index in [4.69, 9.17) is 4.42 Å². The molecular formula is C36H43N3O3S. The number of nitrogens with one attached hydrogen (secondary N) is 2. The Hall–Kier alpha value is -3.45. The van der Waals surface area contributed by atoms with E-state index in [1.54, 1.807) is 6.26 Å². The van der Waals surface area contributed by atoms with Crippen molar-refractivity contribution >= 4 is 40.2 Å². The van der Waals surface area contributed by atoms with Gasteiger partial charge in [0, 0.05) is 28.7 Å². The monoisotopic (exact) mass is 597 g/mol. The third-order valence-corrected chi connectivity index (χ3v) is 11.1. The number of anilines is 1. The third kappa shape index (κ3) is 5.30. The van der Waals surface area contributed by atoms with Crippen LogP contribution in [0.3, 0.4) is 0 Å². The molecule has 2 aromatic heterocycles. The smallest absolute Gasteiger partial charge is 0.250 e. The van der Waals surface area contributed by atoms with Gasteiger partial charge in [-0.1, -0.05) is 49.7 Å². The number of aromatic nitrogens is 1. The molecular weight excluding hydrogens is 554 g/mol. The highest BCUT2D eigenvalue weighted by Crippen LogP contribution is 2.67. The second-order valence-corrected chi connectivity index (χ2v) is 14.5. The van der Waals surface area contributed by atoms with Crippen LogP contribution in [-0.2, 0) is 16.1 Å². The van der Waals surface area contributed by atoms with Crippen LogP contribution in [0.2, 0.25) is 0 Å². The average molecular weight is 598 g/mol. The molecule has 43 heavy (non-hydrogen) atoms. The molecule has 6 rings (SSSR count). The van der Waals surface area contributed by atoms with Gasteiger partial charge in [0.2, 0.25) is 11.8 Å². The van der Waals surface area contributed by atoms with Crippen molar-refractivity contribution in [3.8, 4) is 0 Å². The van der Waals surface area contributed by atoms with Gasteiger partial charge in [-0.2, -0.15) is 11.8 Å². The molecule has 6 nitrogen and oxygen atoms in total. The molecule has 1 saturated carbocycles. The van der Waals surface area contributed by atoms with Crippen LogP contribution in [0.5, 0.6) is 0 Å². The Labute approximate surface area is 259 Å². The van der Waals surface area contributed by atoms with Crippen molar-refractivity contribution in [2.45, 2.75) is 78.8 Å². The van der Waals surface area contributed by atoms with Gasteiger partial charge < -0.3 is 19.6 Å². The van der Waals surface area contributed by atoms with E-state index in [-0.39, 0.29) is 35.6 Å². The Morgan fingerprint density at radius 2 is 1.72 bits per heavy atom. The summed E-state index contributed by atoms with van der Waals surface area (Å²) in [4.78, 5) is 34.5. The van der Waals surface area contributed by atoms with Gasteiger partial charge in [-0.25, -0.2) is 0 Å². The molecule has 2 aromatic carbocycles. The van der Waals surface area contributed by atoms with Gasteiger partial charge in [-0.15, -0.1) is 0 Å². The summed E-state index contributed by atoms with van der Waals surface area (Å²) in [6, 6.07) is 16.4. The minimum Gasteiger partial charge on any atom is -0.467 e. The molecule has 226 valence electrons. The van der Waals surface area contributed by atoms with Crippen LogP contribution in [0.25, 0.3) is 10.9 Å². The normalized spacial score (nSPS) is 20.6. The van der Waals surface area contributed by atoms with E-state index in [9.17, 15) is 9.59 Å². The zero-order chi connectivity index (χ0) is 30.5. The lowest BCUT2D eigenvalue weighted by Gasteiger charge is -2.45. The number of carbonyl (C=O) groups is 2. The number of rotatable bonds is 8. The molecule has 0 radical (unpaired) electrons. The zero-order valence-corrected chi connectivity index (χ0v) is 27.0. The van der Waals surface area contributed by atoms with Crippen molar-refractivity contribution in [1.82, 2.24) is 9.88 Å². The molecule has 2 fully saturated rings. The van der Waals surface area contributed by atoms with Crippen molar-refractivity contribution in [1.29, 1.82) is 0 Å². The molecule has 4 aromatic rings. The predicted octanol–water partition coefficient (Wildman–Crippen LogP) is 8.06. The van der Waals surface area contributed by atoms with E-state index in [1.165, 1.54) is 22.2 Å². The summed E-state index contributed by atoms with van der Waals surface area (Å²) in [5.41, 5.74) is 6.72. The molecule has 1 aliphatic carbocycles. The first kappa shape index (κ1) is 29.6. The molecule has 2 N–H and O–H groups in total. The number of hydrogen-bond donors (Lipinski definition) is 2. The molecule has 1 aliphatic heterocycles. The van der Waals surface area contributed by atoms with Crippen LogP contribution < -0.4 is 5.32 Å². The highest BCUT2D eigenvalue weighted by molar-refractivity contribution is 7.99. The summed E-state index contributed by atoms with van der Waals surface area (Å²) in [7, 11) is 0. The van der Waals surface area contributed by atoms with E-state index >= 15 is 0 Å². The number of aromatic amines is 1. The number of furan rings is 1.